The van der Waals surface area contributed by atoms with Gasteiger partial charge in [-0.25, -0.2) is 0 Å². The molecule has 1 heterocycles. The number of halogens is 1. The lowest BCUT2D eigenvalue weighted by atomic mass is 9.68. The van der Waals surface area contributed by atoms with Gasteiger partial charge in [0.2, 0.25) is 0 Å². The fraction of sp³-hybridized carbons (Fsp3) is 0.889. The van der Waals surface area contributed by atoms with Crippen LogP contribution in [0.2, 0.25) is 0 Å². The summed E-state index contributed by atoms with van der Waals surface area (Å²) in [4.78, 5) is 11.6. The van der Waals surface area contributed by atoms with Crippen LogP contribution in [0, 0.1) is 5.41 Å². The van der Waals surface area contributed by atoms with Gasteiger partial charge in [-0.15, -0.1) is 0 Å². The maximum Gasteiger partial charge on any atom is 0.155 e. The summed E-state index contributed by atoms with van der Waals surface area (Å²) >= 11 is 3.27. The first-order valence-electron chi connectivity index (χ1n) is 4.36. The summed E-state index contributed by atoms with van der Waals surface area (Å²) in [6.07, 6.45) is 0. The first-order valence-corrected chi connectivity index (χ1v) is 5.27. The summed E-state index contributed by atoms with van der Waals surface area (Å²) < 4.78 is 0. The van der Waals surface area contributed by atoms with Crippen LogP contribution < -0.4 is 0 Å². The Morgan fingerprint density at radius 3 is 2.38 bits per heavy atom. The van der Waals surface area contributed by atoms with E-state index in [1.165, 1.54) is 5.06 Å². The van der Waals surface area contributed by atoms with E-state index in [0.29, 0.717) is 6.54 Å². The van der Waals surface area contributed by atoms with Crippen molar-refractivity contribution >= 4 is 21.7 Å². The van der Waals surface area contributed by atoms with Crippen LogP contribution >= 0.6 is 15.9 Å². The number of alkyl halides is 1. The zero-order valence-corrected chi connectivity index (χ0v) is 10.1. The molecular weight excluding hydrogens is 234 g/mol. The normalized spacial score (nSPS) is 33.4. The molecule has 13 heavy (non-hydrogen) atoms. The standard InChI is InChI=1S/C9H16BrNO2/c1-8(2)7(12)6(10)5-11(13)9(8,3)4/h6,13H,5H2,1-4H3. The number of Topliss-reactive ketones (excluding diaryl/α,β-unsaturated/α-hetero) is 1. The molecule has 1 saturated heterocycles. The van der Waals surface area contributed by atoms with Crippen LogP contribution in [-0.2, 0) is 4.79 Å². The summed E-state index contributed by atoms with van der Waals surface area (Å²) in [7, 11) is 0. The molecule has 3 nitrogen and oxygen atoms in total. The van der Waals surface area contributed by atoms with Gasteiger partial charge in [0.05, 0.1) is 10.4 Å². The first kappa shape index (κ1) is 11.1. The Kier molecular flexibility index (Phi) is 2.60. The topological polar surface area (TPSA) is 40.5 Å². The van der Waals surface area contributed by atoms with Crippen molar-refractivity contribution in [3.8, 4) is 0 Å². The van der Waals surface area contributed by atoms with Gasteiger partial charge < -0.3 is 5.21 Å². The van der Waals surface area contributed by atoms with Gasteiger partial charge in [0.25, 0.3) is 0 Å². The molecule has 1 fully saturated rings. The van der Waals surface area contributed by atoms with Gasteiger partial charge in [-0.1, -0.05) is 29.8 Å². The molecule has 0 saturated carbocycles. The van der Waals surface area contributed by atoms with E-state index in [1.807, 2.05) is 27.7 Å². The lowest BCUT2D eigenvalue weighted by Crippen LogP contribution is -2.64. The largest absolute Gasteiger partial charge is 0.313 e. The molecular formula is C9H16BrNO2. The Balaban J connectivity index is 3.07. The minimum absolute atomic E-state index is 0.155. The lowest BCUT2D eigenvalue weighted by molar-refractivity contribution is -0.212. The average Bonchev–Trinajstić information content (AvgIpc) is 2.00. The fourth-order valence-electron chi connectivity index (χ4n) is 1.48. The summed E-state index contributed by atoms with van der Waals surface area (Å²) in [5, 5.41) is 11.0. The highest BCUT2D eigenvalue weighted by Crippen LogP contribution is 2.41. The monoisotopic (exact) mass is 249 g/mol. The predicted molar refractivity (Wildman–Crippen MR) is 54.1 cm³/mol. The van der Waals surface area contributed by atoms with E-state index in [-0.39, 0.29) is 10.6 Å². The van der Waals surface area contributed by atoms with Crippen molar-refractivity contribution in [2.45, 2.75) is 38.1 Å². The molecule has 0 bridgehead atoms. The van der Waals surface area contributed by atoms with Crippen LogP contribution in [0.25, 0.3) is 0 Å². The van der Waals surface area contributed by atoms with Crippen molar-refractivity contribution in [3.05, 3.63) is 0 Å². The molecule has 1 aliphatic rings. The van der Waals surface area contributed by atoms with E-state index in [0.717, 1.165) is 0 Å². The summed E-state index contributed by atoms with van der Waals surface area (Å²) in [5.41, 5.74) is -1.04. The molecule has 0 aliphatic carbocycles. The third kappa shape index (κ3) is 1.45. The van der Waals surface area contributed by atoms with Crippen molar-refractivity contribution in [2.75, 3.05) is 6.54 Å². The summed E-state index contributed by atoms with van der Waals surface area (Å²) in [6, 6.07) is 0. The number of piperidine rings is 1. The van der Waals surface area contributed by atoms with Crippen LogP contribution in [0.1, 0.15) is 27.7 Å². The van der Waals surface area contributed by atoms with E-state index in [1.54, 1.807) is 0 Å². The first-order chi connectivity index (χ1) is 5.71. The highest BCUT2D eigenvalue weighted by Gasteiger charge is 2.52. The number of carbonyl (C=O) groups is 1. The Bertz CT molecular complexity index is 238. The third-order valence-electron chi connectivity index (χ3n) is 3.41. The van der Waals surface area contributed by atoms with Crippen LogP contribution in [0.3, 0.4) is 0 Å². The molecule has 4 heteroatoms. The van der Waals surface area contributed by atoms with Gasteiger partial charge in [-0.05, 0) is 13.8 Å². The molecule has 0 radical (unpaired) electrons. The lowest BCUT2D eigenvalue weighted by Gasteiger charge is -2.50. The highest BCUT2D eigenvalue weighted by atomic mass is 79.9. The number of hydroxylamine groups is 2. The third-order valence-corrected chi connectivity index (χ3v) is 4.11. The Hall–Kier alpha value is 0.0700. The van der Waals surface area contributed by atoms with Gasteiger partial charge >= 0.3 is 0 Å². The summed E-state index contributed by atoms with van der Waals surface area (Å²) in [5.74, 6) is 0.155. The second-order valence-corrected chi connectivity index (χ2v) is 5.70. The SMILES string of the molecule is CC1(C)C(=O)C(Br)CN(O)C1(C)C. The Labute approximate surface area is 87.2 Å². The molecule has 0 spiro atoms. The predicted octanol–water partition coefficient (Wildman–Crippen LogP) is 1.83. The Morgan fingerprint density at radius 2 is 1.92 bits per heavy atom. The summed E-state index contributed by atoms with van der Waals surface area (Å²) in [6.45, 7) is 7.85. The minimum Gasteiger partial charge on any atom is -0.313 e. The van der Waals surface area contributed by atoms with Gasteiger partial charge in [0, 0.05) is 12.0 Å². The van der Waals surface area contributed by atoms with Crippen molar-refractivity contribution in [2.24, 2.45) is 5.41 Å². The van der Waals surface area contributed by atoms with Crippen molar-refractivity contribution in [3.63, 3.8) is 0 Å². The maximum absolute atomic E-state index is 11.8. The second-order valence-electron chi connectivity index (χ2n) is 4.60. The number of rotatable bonds is 0. The van der Waals surface area contributed by atoms with Crippen LogP contribution in [0.5, 0.6) is 0 Å². The Morgan fingerprint density at radius 1 is 1.46 bits per heavy atom. The van der Waals surface area contributed by atoms with Gasteiger partial charge in [-0.2, -0.15) is 5.06 Å². The van der Waals surface area contributed by atoms with E-state index in [9.17, 15) is 10.0 Å². The molecule has 1 atom stereocenters. The molecule has 1 aliphatic heterocycles. The molecule has 1 N–H and O–H groups in total. The number of ketones is 1. The number of hydrogen-bond donors (Lipinski definition) is 1. The maximum atomic E-state index is 11.8. The van der Waals surface area contributed by atoms with E-state index in [2.05, 4.69) is 15.9 Å². The van der Waals surface area contributed by atoms with Crippen LogP contribution in [-0.4, -0.2) is 33.0 Å². The molecule has 1 unspecified atom stereocenters. The van der Waals surface area contributed by atoms with Crippen molar-refractivity contribution in [1.29, 1.82) is 0 Å². The molecule has 1 rings (SSSR count). The molecule has 0 aromatic carbocycles. The number of nitrogens with zero attached hydrogens (tertiary/aromatic N) is 1. The molecule has 76 valence electrons. The smallest absolute Gasteiger partial charge is 0.155 e. The van der Waals surface area contributed by atoms with Gasteiger partial charge in [0.15, 0.2) is 5.78 Å². The quantitative estimate of drug-likeness (QED) is 0.667. The second kappa shape index (κ2) is 3.04. The van der Waals surface area contributed by atoms with Gasteiger partial charge in [0.1, 0.15) is 0 Å². The zero-order valence-electron chi connectivity index (χ0n) is 8.47. The fourth-order valence-corrected chi connectivity index (χ4v) is 2.33. The molecule has 0 aromatic heterocycles. The van der Waals surface area contributed by atoms with Gasteiger partial charge in [-0.3, -0.25) is 4.79 Å². The van der Waals surface area contributed by atoms with E-state index < -0.39 is 11.0 Å². The van der Waals surface area contributed by atoms with Crippen LogP contribution in [0.4, 0.5) is 0 Å². The number of hydrogen-bond acceptors (Lipinski definition) is 3. The minimum atomic E-state index is -0.534. The van der Waals surface area contributed by atoms with Crippen molar-refractivity contribution in [1.82, 2.24) is 5.06 Å². The highest BCUT2D eigenvalue weighted by molar-refractivity contribution is 9.10. The zero-order chi connectivity index (χ0) is 10.4. The van der Waals surface area contributed by atoms with E-state index in [4.69, 9.17) is 0 Å². The van der Waals surface area contributed by atoms with Crippen molar-refractivity contribution < 1.29 is 10.0 Å². The molecule has 0 aromatic rings. The molecule has 0 amide bonds. The number of carbonyl (C=O) groups excluding carboxylic acids is 1. The van der Waals surface area contributed by atoms with Crippen LogP contribution in [0.15, 0.2) is 0 Å². The average molecular weight is 250 g/mol. The van der Waals surface area contributed by atoms with E-state index >= 15 is 0 Å².